The summed E-state index contributed by atoms with van der Waals surface area (Å²) in [5.41, 5.74) is 3.72. The highest BCUT2D eigenvalue weighted by molar-refractivity contribution is 6.12. The monoisotopic (exact) mass is 207 g/mol. The summed E-state index contributed by atoms with van der Waals surface area (Å²) in [6.45, 7) is 1.75. The van der Waals surface area contributed by atoms with Gasteiger partial charge in [-0.2, -0.15) is 5.10 Å². The van der Waals surface area contributed by atoms with E-state index in [1.54, 1.807) is 19.1 Å². The predicted molar refractivity (Wildman–Crippen MR) is 55.1 cm³/mol. The fourth-order valence-electron chi connectivity index (χ4n) is 1.34. The lowest BCUT2D eigenvalue weighted by atomic mass is 10.2. The summed E-state index contributed by atoms with van der Waals surface area (Å²) in [4.78, 5) is 11.3. The first kappa shape index (κ1) is 9.64. The van der Waals surface area contributed by atoms with Crippen LogP contribution < -0.4 is 10.7 Å². The van der Waals surface area contributed by atoms with Crippen molar-refractivity contribution in [1.29, 1.82) is 0 Å². The number of hydrazone groups is 1. The standard InChI is InChI=1S/C10H10FN3O/c1-6-9(10(15)14-13-6)12-8-4-2-7(11)3-5-8/h2-5,9,12H,1H3,(H,14,15). The first-order valence-corrected chi connectivity index (χ1v) is 4.53. The van der Waals surface area contributed by atoms with E-state index in [1.807, 2.05) is 0 Å². The molecule has 0 fully saturated rings. The number of hydrogen-bond acceptors (Lipinski definition) is 3. The summed E-state index contributed by atoms with van der Waals surface area (Å²) < 4.78 is 12.6. The number of carbonyl (C=O) groups excluding carboxylic acids is 1. The lowest BCUT2D eigenvalue weighted by Gasteiger charge is -2.11. The van der Waals surface area contributed by atoms with Crippen LogP contribution in [0.15, 0.2) is 29.4 Å². The Bertz CT molecular complexity index is 413. The summed E-state index contributed by atoms with van der Waals surface area (Å²) in [5, 5.41) is 6.75. The van der Waals surface area contributed by atoms with Gasteiger partial charge >= 0.3 is 0 Å². The Morgan fingerprint density at radius 3 is 2.60 bits per heavy atom. The van der Waals surface area contributed by atoms with Crippen LogP contribution in [0.5, 0.6) is 0 Å². The van der Waals surface area contributed by atoms with E-state index in [2.05, 4.69) is 15.8 Å². The van der Waals surface area contributed by atoms with Gasteiger partial charge in [0.15, 0.2) is 0 Å². The summed E-state index contributed by atoms with van der Waals surface area (Å²) in [6, 6.07) is 5.36. The Morgan fingerprint density at radius 2 is 2.07 bits per heavy atom. The maximum atomic E-state index is 12.6. The molecule has 0 saturated carbocycles. The Balaban J connectivity index is 2.12. The van der Waals surface area contributed by atoms with Crippen LogP contribution in [0.4, 0.5) is 10.1 Å². The molecule has 1 aliphatic rings. The molecule has 1 unspecified atom stereocenters. The number of anilines is 1. The van der Waals surface area contributed by atoms with Gasteiger partial charge in [0, 0.05) is 5.69 Å². The SMILES string of the molecule is CC1=NNC(=O)C1Nc1ccc(F)cc1. The molecule has 0 aliphatic carbocycles. The molecule has 1 amide bonds. The maximum Gasteiger partial charge on any atom is 0.268 e. The molecular weight excluding hydrogens is 197 g/mol. The molecule has 0 radical (unpaired) electrons. The van der Waals surface area contributed by atoms with Crippen LogP contribution in [-0.4, -0.2) is 17.7 Å². The molecule has 5 heteroatoms. The third kappa shape index (κ3) is 1.96. The highest BCUT2D eigenvalue weighted by Gasteiger charge is 2.26. The Kier molecular flexibility index (Phi) is 2.37. The smallest absolute Gasteiger partial charge is 0.268 e. The number of carbonyl (C=O) groups is 1. The van der Waals surface area contributed by atoms with Crippen molar-refractivity contribution in [2.75, 3.05) is 5.32 Å². The van der Waals surface area contributed by atoms with E-state index < -0.39 is 6.04 Å². The number of nitrogens with one attached hydrogen (secondary N) is 2. The Labute approximate surface area is 86.2 Å². The molecule has 2 rings (SSSR count). The lowest BCUT2D eigenvalue weighted by Crippen LogP contribution is -2.35. The number of nitrogens with zero attached hydrogens (tertiary/aromatic N) is 1. The van der Waals surface area contributed by atoms with Crippen molar-refractivity contribution in [3.63, 3.8) is 0 Å². The summed E-state index contributed by atoms with van der Waals surface area (Å²) in [6.07, 6.45) is 0. The highest BCUT2D eigenvalue weighted by Crippen LogP contribution is 2.11. The molecule has 15 heavy (non-hydrogen) atoms. The third-order valence-electron chi connectivity index (χ3n) is 2.18. The average molecular weight is 207 g/mol. The van der Waals surface area contributed by atoms with E-state index in [9.17, 15) is 9.18 Å². The summed E-state index contributed by atoms with van der Waals surface area (Å²) >= 11 is 0. The van der Waals surface area contributed by atoms with Gasteiger partial charge in [0.05, 0.1) is 5.71 Å². The fraction of sp³-hybridized carbons (Fsp3) is 0.200. The molecule has 2 N–H and O–H groups in total. The summed E-state index contributed by atoms with van der Waals surface area (Å²) in [5.74, 6) is -0.501. The van der Waals surface area contributed by atoms with Gasteiger partial charge in [-0.1, -0.05) is 0 Å². The molecule has 78 valence electrons. The zero-order valence-electron chi connectivity index (χ0n) is 8.12. The molecule has 0 saturated heterocycles. The normalized spacial score (nSPS) is 19.7. The lowest BCUT2D eigenvalue weighted by molar-refractivity contribution is -0.119. The minimum atomic E-state index is -0.463. The van der Waals surface area contributed by atoms with Crippen molar-refractivity contribution in [3.05, 3.63) is 30.1 Å². The van der Waals surface area contributed by atoms with E-state index in [-0.39, 0.29) is 11.7 Å². The van der Waals surface area contributed by atoms with Crippen molar-refractivity contribution in [1.82, 2.24) is 5.43 Å². The van der Waals surface area contributed by atoms with Gasteiger partial charge in [0.2, 0.25) is 0 Å². The van der Waals surface area contributed by atoms with Gasteiger partial charge in [-0.15, -0.1) is 0 Å². The first-order chi connectivity index (χ1) is 7.16. The van der Waals surface area contributed by atoms with Crippen molar-refractivity contribution in [2.24, 2.45) is 5.10 Å². The van der Waals surface area contributed by atoms with Gasteiger partial charge in [-0.25, -0.2) is 9.82 Å². The molecule has 1 heterocycles. The zero-order chi connectivity index (χ0) is 10.8. The molecule has 0 spiro atoms. The van der Waals surface area contributed by atoms with Crippen LogP contribution in [-0.2, 0) is 4.79 Å². The van der Waals surface area contributed by atoms with E-state index in [0.29, 0.717) is 11.4 Å². The van der Waals surface area contributed by atoms with E-state index in [4.69, 9.17) is 0 Å². The van der Waals surface area contributed by atoms with E-state index in [0.717, 1.165) is 0 Å². The van der Waals surface area contributed by atoms with Gasteiger partial charge in [0.25, 0.3) is 5.91 Å². The van der Waals surface area contributed by atoms with Gasteiger partial charge in [-0.05, 0) is 31.2 Å². The molecule has 1 atom stereocenters. The van der Waals surface area contributed by atoms with Crippen molar-refractivity contribution >= 4 is 17.3 Å². The van der Waals surface area contributed by atoms with Crippen molar-refractivity contribution in [2.45, 2.75) is 13.0 Å². The third-order valence-corrected chi connectivity index (χ3v) is 2.18. The average Bonchev–Trinajstić information content (AvgIpc) is 2.53. The van der Waals surface area contributed by atoms with E-state index in [1.165, 1.54) is 12.1 Å². The maximum absolute atomic E-state index is 12.6. The minimum Gasteiger partial charge on any atom is -0.369 e. The van der Waals surface area contributed by atoms with Crippen LogP contribution in [0.1, 0.15) is 6.92 Å². The number of rotatable bonds is 2. The second-order valence-electron chi connectivity index (χ2n) is 3.31. The number of amides is 1. The molecule has 4 nitrogen and oxygen atoms in total. The van der Waals surface area contributed by atoms with Gasteiger partial charge in [-0.3, -0.25) is 4.79 Å². The summed E-state index contributed by atoms with van der Waals surface area (Å²) in [7, 11) is 0. The van der Waals surface area contributed by atoms with Crippen LogP contribution in [0.25, 0.3) is 0 Å². The number of benzene rings is 1. The molecule has 0 bridgehead atoms. The van der Waals surface area contributed by atoms with Crippen LogP contribution >= 0.6 is 0 Å². The zero-order valence-corrected chi connectivity index (χ0v) is 8.12. The van der Waals surface area contributed by atoms with Gasteiger partial charge < -0.3 is 5.32 Å². The quantitative estimate of drug-likeness (QED) is 0.763. The second kappa shape index (κ2) is 3.68. The van der Waals surface area contributed by atoms with Crippen LogP contribution in [0, 0.1) is 5.82 Å². The number of hydrogen-bond donors (Lipinski definition) is 2. The van der Waals surface area contributed by atoms with Gasteiger partial charge in [0.1, 0.15) is 11.9 Å². The Morgan fingerprint density at radius 1 is 1.40 bits per heavy atom. The second-order valence-corrected chi connectivity index (χ2v) is 3.31. The molecular formula is C10H10FN3O. The molecule has 1 aromatic rings. The number of halogens is 1. The molecule has 1 aliphatic heterocycles. The fourth-order valence-corrected chi connectivity index (χ4v) is 1.34. The van der Waals surface area contributed by atoms with Crippen molar-refractivity contribution < 1.29 is 9.18 Å². The topological polar surface area (TPSA) is 53.5 Å². The minimum absolute atomic E-state index is 0.197. The molecule has 1 aromatic carbocycles. The highest BCUT2D eigenvalue weighted by atomic mass is 19.1. The largest absolute Gasteiger partial charge is 0.369 e. The van der Waals surface area contributed by atoms with Crippen molar-refractivity contribution in [3.8, 4) is 0 Å². The van der Waals surface area contributed by atoms with Crippen LogP contribution in [0.3, 0.4) is 0 Å². The van der Waals surface area contributed by atoms with E-state index >= 15 is 0 Å². The molecule has 0 aromatic heterocycles. The predicted octanol–water partition coefficient (Wildman–Crippen LogP) is 1.11. The van der Waals surface area contributed by atoms with Crippen LogP contribution in [0.2, 0.25) is 0 Å². The Hall–Kier alpha value is -1.91. The first-order valence-electron chi connectivity index (χ1n) is 4.53.